The van der Waals surface area contributed by atoms with Crippen LogP contribution in [0.1, 0.15) is 0 Å². The zero-order valence-electron chi connectivity index (χ0n) is 27.9. The third kappa shape index (κ3) is 3.74. The predicted molar refractivity (Wildman–Crippen MR) is 221 cm³/mol. The molecule has 0 amide bonds. The minimum atomic E-state index is 0.914. The van der Waals surface area contributed by atoms with E-state index < -0.39 is 0 Å². The van der Waals surface area contributed by atoms with E-state index in [0.717, 1.165) is 33.2 Å². The molecule has 52 heavy (non-hydrogen) atoms. The standard InChI is InChI=1S/C48H28N2OS/c1-2-13-29(14-3-1)49-38-21-7-4-15-30(38)36-27-37-31-16-5-8-22-39(31)50(42(37)28-41(36)49)40-23-12-26-45-47(40)46-33(18-11-25-44(46)52-45)35-20-10-19-34-32-17-6-9-24-43(32)51-48(34)35/h1-28H. The summed E-state index contributed by atoms with van der Waals surface area (Å²) < 4.78 is 14.1. The minimum absolute atomic E-state index is 0.914. The average Bonchev–Trinajstić information content (AvgIpc) is 3.95. The molecule has 4 heteroatoms. The fourth-order valence-corrected chi connectivity index (χ4v) is 9.92. The lowest BCUT2D eigenvalue weighted by Crippen LogP contribution is -1.96. The molecule has 4 heterocycles. The van der Waals surface area contributed by atoms with E-state index in [1.807, 2.05) is 17.4 Å². The first-order valence-electron chi connectivity index (χ1n) is 17.7. The summed E-state index contributed by atoms with van der Waals surface area (Å²) in [4.78, 5) is 0. The van der Waals surface area contributed by atoms with Gasteiger partial charge in [-0.1, -0.05) is 109 Å². The molecule has 0 spiro atoms. The molecule has 0 aliphatic carbocycles. The fraction of sp³-hybridized carbons (Fsp3) is 0. The smallest absolute Gasteiger partial charge is 0.143 e. The van der Waals surface area contributed by atoms with Gasteiger partial charge in [0.2, 0.25) is 0 Å². The number of benzene rings is 8. The van der Waals surface area contributed by atoms with Crippen LogP contribution in [0.4, 0.5) is 0 Å². The molecule has 12 aromatic rings. The van der Waals surface area contributed by atoms with Crippen molar-refractivity contribution < 1.29 is 4.42 Å². The summed E-state index contributed by atoms with van der Waals surface area (Å²) in [5.41, 5.74) is 11.3. The second kappa shape index (κ2) is 10.5. The molecule has 8 aromatic carbocycles. The maximum Gasteiger partial charge on any atom is 0.143 e. The van der Waals surface area contributed by atoms with Crippen molar-refractivity contribution in [3.8, 4) is 22.5 Å². The summed E-state index contributed by atoms with van der Waals surface area (Å²) in [6, 6.07) is 61.6. The monoisotopic (exact) mass is 680 g/mol. The van der Waals surface area contributed by atoms with Crippen molar-refractivity contribution in [2.75, 3.05) is 0 Å². The molecule has 0 bridgehead atoms. The number of para-hydroxylation sites is 5. The molecule has 0 saturated carbocycles. The van der Waals surface area contributed by atoms with E-state index >= 15 is 0 Å². The van der Waals surface area contributed by atoms with E-state index in [4.69, 9.17) is 4.42 Å². The van der Waals surface area contributed by atoms with Crippen LogP contribution in [0.25, 0.3) is 108 Å². The van der Waals surface area contributed by atoms with Gasteiger partial charge < -0.3 is 13.6 Å². The Hall–Kier alpha value is -6.62. The van der Waals surface area contributed by atoms with Gasteiger partial charge in [0, 0.05) is 63.7 Å². The number of aromatic nitrogens is 2. The minimum Gasteiger partial charge on any atom is -0.455 e. The van der Waals surface area contributed by atoms with Gasteiger partial charge >= 0.3 is 0 Å². The Morgan fingerprint density at radius 3 is 1.79 bits per heavy atom. The number of rotatable bonds is 3. The molecule has 0 fully saturated rings. The number of nitrogens with zero attached hydrogens (tertiary/aromatic N) is 2. The van der Waals surface area contributed by atoms with Gasteiger partial charge in [0.25, 0.3) is 0 Å². The molecule has 0 unspecified atom stereocenters. The van der Waals surface area contributed by atoms with E-state index in [-0.39, 0.29) is 0 Å². The van der Waals surface area contributed by atoms with Gasteiger partial charge in [0.15, 0.2) is 0 Å². The molecule has 242 valence electrons. The molecule has 0 atom stereocenters. The summed E-state index contributed by atoms with van der Waals surface area (Å²) in [5.74, 6) is 0. The lowest BCUT2D eigenvalue weighted by atomic mass is 9.97. The van der Waals surface area contributed by atoms with Crippen LogP contribution in [0.3, 0.4) is 0 Å². The van der Waals surface area contributed by atoms with Crippen molar-refractivity contribution in [1.82, 2.24) is 9.13 Å². The summed E-state index contributed by atoms with van der Waals surface area (Å²) in [7, 11) is 0. The van der Waals surface area contributed by atoms with Crippen molar-refractivity contribution in [3.05, 3.63) is 170 Å². The number of hydrogen-bond acceptors (Lipinski definition) is 2. The molecule has 4 aromatic heterocycles. The molecule has 0 aliphatic heterocycles. The average molecular weight is 681 g/mol. The second-order valence-electron chi connectivity index (χ2n) is 13.6. The zero-order valence-corrected chi connectivity index (χ0v) is 28.7. The van der Waals surface area contributed by atoms with Crippen molar-refractivity contribution >= 4 is 97.1 Å². The molecular formula is C48H28N2OS. The number of hydrogen-bond donors (Lipinski definition) is 0. The van der Waals surface area contributed by atoms with Crippen LogP contribution < -0.4 is 0 Å². The van der Waals surface area contributed by atoms with Gasteiger partial charge in [-0.05, 0) is 66.2 Å². The SMILES string of the molecule is c1ccc(-n2c3ccccc3c3cc4c5ccccc5n(-c5cccc6sc7cccc(-c8cccc9c8oc8ccccc89)c7c56)c4cc32)cc1. The second-order valence-corrected chi connectivity index (χ2v) is 14.7. The lowest BCUT2D eigenvalue weighted by Gasteiger charge is -2.13. The maximum absolute atomic E-state index is 6.60. The van der Waals surface area contributed by atoms with Gasteiger partial charge in [0.05, 0.1) is 27.8 Å². The van der Waals surface area contributed by atoms with Crippen molar-refractivity contribution in [3.63, 3.8) is 0 Å². The van der Waals surface area contributed by atoms with E-state index in [1.165, 1.54) is 75.0 Å². The highest BCUT2D eigenvalue weighted by atomic mass is 32.1. The van der Waals surface area contributed by atoms with Gasteiger partial charge in [0.1, 0.15) is 11.2 Å². The van der Waals surface area contributed by atoms with E-state index in [0.29, 0.717) is 0 Å². The van der Waals surface area contributed by atoms with Crippen LogP contribution in [-0.2, 0) is 0 Å². The first kappa shape index (κ1) is 28.1. The predicted octanol–water partition coefficient (Wildman–Crippen LogP) is 13.8. The zero-order chi connectivity index (χ0) is 33.9. The summed E-state index contributed by atoms with van der Waals surface area (Å²) in [6.07, 6.45) is 0. The number of fused-ring (bicyclic) bond motifs is 12. The molecular weight excluding hydrogens is 653 g/mol. The van der Waals surface area contributed by atoms with Crippen LogP contribution in [0.15, 0.2) is 174 Å². The molecule has 3 nitrogen and oxygen atoms in total. The highest BCUT2D eigenvalue weighted by Crippen LogP contribution is 2.47. The van der Waals surface area contributed by atoms with Gasteiger partial charge in [-0.25, -0.2) is 0 Å². The Bertz CT molecular complexity index is 3410. The van der Waals surface area contributed by atoms with Gasteiger partial charge in [-0.2, -0.15) is 0 Å². The molecule has 0 radical (unpaired) electrons. The number of thiophene rings is 1. The van der Waals surface area contributed by atoms with E-state index in [9.17, 15) is 0 Å². The number of furan rings is 1. The third-order valence-corrected chi connectivity index (χ3v) is 12.0. The van der Waals surface area contributed by atoms with Gasteiger partial charge in [-0.3, -0.25) is 0 Å². The maximum atomic E-state index is 6.60. The van der Waals surface area contributed by atoms with Crippen molar-refractivity contribution in [1.29, 1.82) is 0 Å². The Balaban J connectivity index is 1.22. The highest BCUT2D eigenvalue weighted by molar-refractivity contribution is 7.26. The van der Waals surface area contributed by atoms with Gasteiger partial charge in [-0.15, -0.1) is 11.3 Å². The quantitative estimate of drug-likeness (QED) is 0.182. The Morgan fingerprint density at radius 1 is 0.385 bits per heavy atom. The Morgan fingerprint density at radius 2 is 0.981 bits per heavy atom. The first-order chi connectivity index (χ1) is 25.8. The summed E-state index contributed by atoms with van der Waals surface area (Å²) in [5, 5.41) is 9.83. The van der Waals surface area contributed by atoms with Crippen molar-refractivity contribution in [2.24, 2.45) is 0 Å². The summed E-state index contributed by atoms with van der Waals surface area (Å²) >= 11 is 1.86. The van der Waals surface area contributed by atoms with Crippen molar-refractivity contribution in [2.45, 2.75) is 0 Å². The van der Waals surface area contributed by atoms with Crippen LogP contribution in [0, 0.1) is 0 Å². The van der Waals surface area contributed by atoms with Crippen LogP contribution in [-0.4, -0.2) is 9.13 Å². The lowest BCUT2D eigenvalue weighted by molar-refractivity contribution is 0.670. The van der Waals surface area contributed by atoms with Crippen LogP contribution in [0.2, 0.25) is 0 Å². The Labute approximate surface area is 301 Å². The normalized spacial score (nSPS) is 12.2. The van der Waals surface area contributed by atoms with Crippen LogP contribution >= 0.6 is 11.3 Å². The molecule has 0 aliphatic rings. The fourth-order valence-electron chi connectivity index (χ4n) is 8.76. The topological polar surface area (TPSA) is 23.0 Å². The van der Waals surface area contributed by atoms with E-state index in [2.05, 4.69) is 173 Å². The molecule has 0 N–H and O–H groups in total. The highest BCUT2D eigenvalue weighted by Gasteiger charge is 2.22. The molecule has 12 rings (SSSR count). The largest absolute Gasteiger partial charge is 0.455 e. The molecule has 0 saturated heterocycles. The first-order valence-corrected chi connectivity index (χ1v) is 18.5. The summed E-state index contributed by atoms with van der Waals surface area (Å²) in [6.45, 7) is 0. The van der Waals surface area contributed by atoms with E-state index in [1.54, 1.807) is 0 Å². The van der Waals surface area contributed by atoms with Crippen LogP contribution in [0.5, 0.6) is 0 Å². The Kier molecular flexibility index (Phi) is 5.65. The third-order valence-electron chi connectivity index (χ3n) is 10.9.